The molecule has 0 atom stereocenters. The number of aliphatic hydroxyl groups is 1. The van der Waals surface area contributed by atoms with E-state index in [2.05, 4.69) is 10.3 Å². The van der Waals surface area contributed by atoms with Crippen LogP contribution in [0, 0.1) is 0 Å². The van der Waals surface area contributed by atoms with Gasteiger partial charge in [-0.15, -0.1) is 11.3 Å². The molecule has 1 aromatic heterocycles. The summed E-state index contributed by atoms with van der Waals surface area (Å²) in [5.74, 6) is 0.0136. The van der Waals surface area contributed by atoms with Gasteiger partial charge in [-0.3, -0.25) is 4.79 Å². The molecule has 6 heteroatoms. The lowest BCUT2D eigenvalue weighted by atomic mass is 10.2. The van der Waals surface area contributed by atoms with Crippen molar-refractivity contribution in [2.45, 2.75) is 38.5 Å². The van der Waals surface area contributed by atoms with E-state index in [1.165, 1.54) is 0 Å². The molecule has 108 valence electrons. The highest BCUT2D eigenvalue weighted by Crippen LogP contribution is 2.12. The fraction of sp³-hybridized carbons (Fsp3) is 0.692. The quantitative estimate of drug-likeness (QED) is 0.556. The van der Waals surface area contributed by atoms with Crippen molar-refractivity contribution in [3.63, 3.8) is 0 Å². The molecule has 4 N–H and O–H groups in total. The fourth-order valence-corrected chi connectivity index (χ4v) is 2.51. The minimum absolute atomic E-state index is 0.0136. The number of rotatable bonds is 10. The third-order valence-electron chi connectivity index (χ3n) is 2.69. The third kappa shape index (κ3) is 7.25. The van der Waals surface area contributed by atoms with Crippen LogP contribution in [0.5, 0.6) is 0 Å². The Morgan fingerprint density at radius 2 is 2.21 bits per heavy atom. The number of hydrogen-bond donors (Lipinski definition) is 3. The molecule has 0 bridgehead atoms. The zero-order chi connectivity index (χ0) is 13.9. The molecule has 0 saturated carbocycles. The maximum absolute atomic E-state index is 11.7. The van der Waals surface area contributed by atoms with Crippen LogP contribution in [0.1, 0.15) is 36.4 Å². The topological polar surface area (TPSA) is 88.2 Å². The number of aliphatic hydroxyl groups excluding tert-OH is 1. The van der Waals surface area contributed by atoms with Gasteiger partial charge in [0.25, 0.3) is 0 Å². The number of nitrogens with two attached hydrogens (primary N) is 1. The molecule has 19 heavy (non-hydrogen) atoms. The molecule has 0 aromatic carbocycles. The summed E-state index contributed by atoms with van der Waals surface area (Å²) >= 11 is 1.59. The highest BCUT2D eigenvalue weighted by atomic mass is 32.1. The first-order valence-corrected chi connectivity index (χ1v) is 7.65. The van der Waals surface area contributed by atoms with Crippen LogP contribution in [-0.2, 0) is 17.6 Å². The number of thiazole rings is 1. The average Bonchev–Trinajstić information content (AvgIpc) is 2.83. The van der Waals surface area contributed by atoms with E-state index in [1.807, 2.05) is 5.38 Å². The van der Waals surface area contributed by atoms with Gasteiger partial charge in [0, 0.05) is 25.0 Å². The van der Waals surface area contributed by atoms with Crippen molar-refractivity contribution in [1.29, 1.82) is 0 Å². The summed E-state index contributed by atoms with van der Waals surface area (Å²) in [5, 5.41) is 14.5. The summed E-state index contributed by atoms with van der Waals surface area (Å²) in [5.41, 5.74) is 6.29. The van der Waals surface area contributed by atoms with E-state index in [0.717, 1.165) is 42.8 Å². The highest BCUT2D eigenvalue weighted by molar-refractivity contribution is 7.09. The highest BCUT2D eigenvalue weighted by Gasteiger charge is 2.07. The molecule has 0 saturated heterocycles. The number of nitrogens with zero attached hydrogens (tertiary/aromatic N) is 1. The Morgan fingerprint density at radius 3 is 2.95 bits per heavy atom. The third-order valence-corrected chi connectivity index (χ3v) is 3.65. The van der Waals surface area contributed by atoms with Crippen LogP contribution >= 0.6 is 11.3 Å². The van der Waals surface area contributed by atoms with Crippen molar-refractivity contribution in [2.24, 2.45) is 5.73 Å². The molecular formula is C13H23N3O2S. The molecule has 0 spiro atoms. The Bertz CT molecular complexity index is 369. The van der Waals surface area contributed by atoms with E-state index < -0.39 is 0 Å². The summed E-state index contributed by atoms with van der Waals surface area (Å²) in [7, 11) is 0. The van der Waals surface area contributed by atoms with Crippen LogP contribution in [-0.4, -0.2) is 35.7 Å². The number of unbranched alkanes of at least 4 members (excludes halogenated alkanes) is 2. The standard InChI is InChI=1S/C13H23N3O2S/c14-6-4-5-13-16-11(10-19-13)9-12(18)15-7-2-1-3-8-17/h10,17H,1-9,14H2,(H,15,18). The van der Waals surface area contributed by atoms with E-state index in [-0.39, 0.29) is 12.5 Å². The van der Waals surface area contributed by atoms with Gasteiger partial charge in [-0.05, 0) is 32.2 Å². The van der Waals surface area contributed by atoms with Crippen molar-refractivity contribution >= 4 is 17.2 Å². The van der Waals surface area contributed by atoms with Gasteiger partial charge in [-0.2, -0.15) is 0 Å². The Balaban J connectivity index is 2.18. The van der Waals surface area contributed by atoms with Crippen molar-refractivity contribution in [3.8, 4) is 0 Å². The van der Waals surface area contributed by atoms with Crippen molar-refractivity contribution in [1.82, 2.24) is 10.3 Å². The maximum Gasteiger partial charge on any atom is 0.226 e. The first kappa shape index (κ1) is 16.1. The largest absolute Gasteiger partial charge is 0.396 e. The van der Waals surface area contributed by atoms with Crippen molar-refractivity contribution < 1.29 is 9.90 Å². The molecule has 1 heterocycles. The van der Waals surface area contributed by atoms with Gasteiger partial charge in [0.1, 0.15) is 0 Å². The Morgan fingerprint density at radius 1 is 1.37 bits per heavy atom. The van der Waals surface area contributed by atoms with Crippen LogP contribution in [0.25, 0.3) is 0 Å². The molecule has 5 nitrogen and oxygen atoms in total. The predicted molar refractivity (Wildman–Crippen MR) is 77.1 cm³/mol. The van der Waals surface area contributed by atoms with Gasteiger partial charge in [-0.25, -0.2) is 4.98 Å². The van der Waals surface area contributed by atoms with Gasteiger partial charge >= 0.3 is 0 Å². The molecule has 0 aliphatic heterocycles. The Kier molecular flexibility index (Phi) is 8.36. The number of carbonyl (C=O) groups is 1. The molecule has 0 aliphatic rings. The van der Waals surface area contributed by atoms with Gasteiger partial charge < -0.3 is 16.2 Å². The van der Waals surface area contributed by atoms with E-state index in [1.54, 1.807) is 11.3 Å². The molecule has 0 unspecified atom stereocenters. The summed E-state index contributed by atoms with van der Waals surface area (Å²) in [4.78, 5) is 16.1. The monoisotopic (exact) mass is 285 g/mol. The van der Waals surface area contributed by atoms with E-state index >= 15 is 0 Å². The van der Waals surface area contributed by atoms with Crippen molar-refractivity contribution in [3.05, 3.63) is 16.1 Å². The van der Waals surface area contributed by atoms with E-state index in [4.69, 9.17) is 10.8 Å². The molecule has 1 rings (SSSR count). The van der Waals surface area contributed by atoms with Gasteiger partial charge in [0.05, 0.1) is 17.1 Å². The normalized spacial score (nSPS) is 10.6. The fourth-order valence-electron chi connectivity index (χ4n) is 1.67. The van der Waals surface area contributed by atoms with Crippen LogP contribution in [0.3, 0.4) is 0 Å². The number of nitrogens with one attached hydrogen (secondary N) is 1. The zero-order valence-corrected chi connectivity index (χ0v) is 12.0. The summed E-state index contributed by atoms with van der Waals surface area (Å²) < 4.78 is 0. The lowest BCUT2D eigenvalue weighted by Gasteiger charge is -2.03. The number of carbonyl (C=O) groups excluding carboxylic acids is 1. The molecule has 0 radical (unpaired) electrons. The first-order valence-electron chi connectivity index (χ1n) is 6.77. The van der Waals surface area contributed by atoms with Crippen molar-refractivity contribution in [2.75, 3.05) is 19.7 Å². The number of amides is 1. The van der Waals surface area contributed by atoms with Crippen LogP contribution in [0.2, 0.25) is 0 Å². The summed E-state index contributed by atoms with van der Waals surface area (Å²) in [6, 6.07) is 0. The molecule has 1 amide bonds. The summed E-state index contributed by atoms with van der Waals surface area (Å²) in [6.45, 7) is 1.56. The summed E-state index contributed by atoms with van der Waals surface area (Å²) in [6.07, 6.45) is 4.82. The smallest absolute Gasteiger partial charge is 0.226 e. The Labute approximate surface area is 118 Å². The van der Waals surface area contributed by atoms with E-state index in [0.29, 0.717) is 19.5 Å². The lowest BCUT2D eigenvalue weighted by Crippen LogP contribution is -2.26. The maximum atomic E-state index is 11.7. The second-order valence-electron chi connectivity index (χ2n) is 4.44. The van der Waals surface area contributed by atoms with Gasteiger partial charge in [0.15, 0.2) is 0 Å². The minimum atomic E-state index is 0.0136. The molecule has 1 aromatic rings. The lowest BCUT2D eigenvalue weighted by molar-refractivity contribution is -0.120. The van der Waals surface area contributed by atoms with Gasteiger partial charge in [0.2, 0.25) is 5.91 Å². The number of hydrogen-bond acceptors (Lipinski definition) is 5. The van der Waals surface area contributed by atoms with Crippen LogP contribution in [0.15, 0.2) is 5.38 Å². The molecular weight excluding hydrogens is 262 g/mol. The number of aryl methyl sites for hydroxylation is 1. The molecule has 0 fully saturated rings. The average molecular weight is 285 g/mol. The van der Waals surface area contributed by atoms with Gasteiger partial charge in [-0.1, -0.05) is 0 Å². The number of aromatic nitrogens is 1. The second kappa shape index (κ2) is 9.89. The van der Waals surface area contributed by atoms with Crippen LogP contribution < -0.4 is 11.1 Å². The minimum Gasteiger partial charge on any atom is -0.396 e. The van der Waals surface area contributed by atoms with Crippen LogP contribution in [0.4, 0.5) is 0 Å². The molecule has 0 aliphatic carbocycles. The predicted octanol–water partition coefficient (Wildman–Crippen LogP) is 0.856. The zero-order valence-electron chi connectivity index (χ0n) is 11.2. The second-order valence-corrected chi connectivity index (χ2v) is 5.38. The first-order chi connectivity index (χ1) is 9.26. The van der Waals surface area contributed by atoms with E-state index in [9.17, 15) is 4.79 Å². The Hall–Kier alpha value is -0.980. The SMILES string of the molecule is NCCCc1nc(CC(=O)NCCCCCO)cs1.